The molecule has 3 aromatic rings. The Labute approximate surface area is 188 Å². The number of rotatable bonds is 8. The molecule has 0 fully saturated rings. The molecular weight excluding hydrogens is 433 g/mol. The van der Waals surface area contributed by atoms with Gasteiger partial charge in [-0.1, -0.05) is 39.3 Å². The maximum absolute atomic E-state index is 14.1. The number of carbonyl (C=O) groups excluding carboxylic acids is 1. The number of benzene rings is 1. The molecule has 32 heavy (non-hydrogen) atoms. The molecule has 0 saturated carbocycles. The number of unbranched alkanes of at least 4 members (excludes halogenated alkanes) is 1. The van der Waals surface area contributed by atoms with Crippen LogP contribution in [0.3, 0.4) is 0 Å². The van der Waals surface area contributed by atoms with Crippen molar-refractivity contribution in [3.05, 3.63) is 62.0 Å². The van der Waals surface area contributed by atoms with E-state index in [4.69, 9.17) is 5.73 Å². The highest BCUT2D eigenvalue weighted by Crippen LogP contribution is 2.29. The molecule has 1 amide bonds. The van der Waals surface area contributed by atoms with Crippen LogP contribution in [-0.4, -0.2) is 27.0 Å². The van der Waals surface area contributed by atoms with E-state index in [0.29, 0.717) is 23.5 Å². The predicted molar refractivity (Wildman–Crippen MR) is 125 cm³/mol. The van der Waals surface area contributed by atoms with E-state index in [1.54, 1.807) is 18.2 Å². The molecule has 2 heterocycles. The van der Waals surface area contributed by atoms with Gasteiger partial charge in [-0.15, -0.1) is 11.3 Å². The lowest BCUT2D eigenvalue weighted by Gasteiger charge is -2.24. The Hall–Kier alpha value is -3.27. The molecule has 2 aromatic heterocycles. The van der Waals surface area contributed by atoms with Crippen LogP contribution in [0.25, 0.3) is 10.6 Å². The second-order valence-corrected chi connectivity index (χ2v) is 8.85. The number of hydrogen-bond acceptors (Lipinski definition) is 6. The Kier molecular flexibility index (Phi) is 7.24. The van der Waals surface area contributed by atoms with Gasteiger partial charge in [-0.25, -0.2) is 14.2 Å². The fourth-order valence-electron chi connectivity index (χ4n) is 3.28. The first-order valence-corrected chi connectivity index (χ1v) is 11.2. The number of anilines is 2. The zero-order valence-corrected chi connectivity index (χ0v) is 19.0. The summed E-state index contributed by atoms with van der Waals surface area (Å²) in [6, 6.07) is 6.17. The molecule has 1 aromatic carbocycles. The number of nitrogens with two attached hydrogens (primary N) is 1. The minimum atomic E-state index is -0.726. The zero-order chi connectivity index (χ0) is 23.4. The summed E-state index contributed by atoms with van der Waals surface area (Å²) in [5, 5.41) is 0.355. The summed E-state index contributed by atoms with van der Waals surface area (Å²) in [6.07, 6.45) is 2.76. The monoisotopic (exact) mass is 459 g/mol. The molecule has 0 spiro atoms. The number of thiazole rings is 1. The Bertz CT molecular complexity index is 1230. The average molecular weight is 460 g/mol. The third-order valence-electron chi connectivity index (χ3n) is 4.83. The topological polar surface area (TPSA) is 114 Å². The summed E-state index contributed by atoms with van der Waals surface area (Å²) in [7, 11) is 0. The summed E-state index contributed by atoms with van der Waals surface area (Å²) < 4.78 is 15.4. The number of nitrogens with one attached hydrogen (secondary N) is 1. The number of nitrogens with zero attached hydrogens (tertiary/aromatic N) is 3. The Morgan fingerprint density at radius 1 is 1.31 bits per heavy atom. The molecule has 3 N–H and O–H groups in total. The molecule has 10 heteroatoms. The van der Waals surface area contributed by atoms with Crippen LogP contribution in [0.4, 0.5) is 15.9 Å². The van der Waals surface area contributed by atoms with E-state index in [1.165, 1.54) is 21.7 Å². The summed E-state index contributed by atoms with van der Waals surface area (Å²) in [6.45, 7) is 6.31. The van der Waals surface area contributed by atoms with Gasteiger partial charge in [0.2, 0.25) is 0 Å². The van der Waals surface area contributed by atoms with Crippen molar-refractivity contribution in [1.29, 1.82) is 0 Å². The van der Waals surface area contributed by atoms with Gasteiger partial charge in [0.25, 0.3) is 11.5 Å². The summed E-state index contributed by atoms with van der Waals surface area (Å²) in [5.41, 5.74) is 5.11. The standard InChI is InChI=1S/C22H26FN5O3S/c1-4-5-10-27(17-18(24)28(12-13(2)3)22(31)26-19(17)29)21(30)16-11-25-20(32-16)14-8-6-7-9-15(14)23/h6-9,11,13H,4-5,10,12,24H2,1-3H3,(H,26,29,31). The van der Waals surface area contributed by atoms with Gasteiger partial charge in [0, 0.05) is 18.7 Å². The first-order chi connectivity index (χ1) is 15.2. The normalized spacial score (nSPS) is 11.2. The summed E-state index contributed by atoms with van der Waals surface area (Å²) >= 11 is 1.03. The number of H-pyrrole nitrogens is 1. The number of aromatic amines is 1. The maximum Gasteiger partial charge on any atom is 0.330 e. The molecule has 0 aliphatic heterocycles. The van der Waals surface area contributed by atoms with Gasteiger partial charge in [0.1, 0.15) is 21.5 Å². The number of nitrogen functional groups attached to an aromatic ring is 1. The second kappa shape index (κ2) is 9.90. The highest BCUT2D eigenvalue weighted by Gasteiger charge is 2.27. The maximum atomic E-state index is 14.1. The van der Waals surface area contributed by atoms with Gasteiger partial charge in [-0.3, -0.25) is 24.0 Å². The second-order valence-electron chi connectivity index (χ2n) is 7.82. The average Bonchev–Trinajstić information content (AvgIpc) is 3.23. The Balaban J connectivity index is 2.07. The Morgan fingerprint density at radius 3 is 2.69 bits per heavy atom. The number of aromatic nitrogens is 3. The van der Waals surface area contributed by atoms with Crippen LogP contribution in [0, 0.1) is 11.7 Å². The molecule has 0 bridgehead atoms. The van der Waals surface area contributed by atoms with E-state index < -0.39 is 23.0 Å². The molecule has 0 saturated heterocycles. The number of carbonyl (C=O) groups is 1. The van der Waals surface area contributed by atoms with E-state index >= 15 is 0 Å². The minimum absolute atomic E-state index is 0.0595. The van der Waals surface area contributed by atoms with Crippen LogP contribution in [-0.2, 0) is 6.54 Å². The van der Waals surface area contributed by atoms with Gasteiger partial charge in [-0.2, -0.15) is 0 Å². The zero-order valence-electron chi connectivity index (χ0n) is 18.2. The van der Waals surface area contributed by atoms with Crippen LogP contribution in [0.1, 0.15) is 43.3 Å². The van der Waals surface area contributed by atoms with Gasteiger partial charge >= 0.3 is 5.69 Å². The van der Waals surface area contributed by atoms with Crippen molar-refractivity contribution < 1.29 is 9.18 Å². The van der Waals surface area contributed by atoms with Crippen molar-refractivity contribution >= 4 is 28.7 Å². The van der Waals surface area contributed by atoms with Crippen LogP contribution >= 0.6 is 11.3 Å². The highest BCUT2D eigenvalue weighted by molar-refractivity contribution is 7.17. The van der Waals surface area contributed by atoms with Gasteiger partial charge in [-0.05, 0) is 24.5 Å². The molecule has 0 aliphatic carbocycles. The van der Waals surface area contributed by atoms with E-state index in [-0.39, 0.29) is 28.8 Å². The first kappa shape index (κ1) is 23.4. The lowest BCUT2D eigenvalue weighted by molar-refractivity contribution is 0.0990. The van der Waals surface area contributed by atoms with E-state index in [0.717, 1.165) is 17.8 Å². The predicted octanol–water partition coefficient (Wildman–Crippen LogP) is 3.48. The largest absolute Gasteiger partial charge is 0.383 e. The van der Waals surface area contributed by atoms with Crippen molar-refractivity contribution in [3.8, 4) is 10.6 Å². The van der Waals surface area contributed by atoms with Crippen LogP contribution in [0.15, 0.2) is 40.1 Å². The first-order valence-electron chi connectivity index (χ1n) is 10.4. The Morgan fingerprint density at radius 2 is 2.03 bits per heavy atom. The van der Waals surface area contributed by atoms with E-state index in [2.05, 4.69) is 9.97 Å². The van der Waals surface area contributed by atoms with Crippen molar-refractivity contribution in [2.75, 3.05) is 17.2 Å². The van der Waals surface area contributed by atoms with Gasteiger partial charge in [0.05, 0.1) is 6.20 Å². The lowest BCUT2D eigenvalue weighted by atomic mass is 10.2. The fraction of sp³-hybridized carbons (Fsp3) is 0.364. The third kappa shape index (κ3) is 4.80. The molecular formula is C22H26FN5O3S. The summed E-state index contributed by atoms with van der Waals surface area (Å²) in [4.78, 5) is 46.4. The van der Waals surface area contributed by atoms with Crippen molar-refractivity contribution in [1.82, 2.24) is 14.5 Å². The van der Waals surface area contributed by atoms with E-state index in [9.17, 15) is 18.8 Å². The van der Waals surface area contributed by atoms with Crippen molar-refractivity contribution in [2.45, 2.75) is 40.2 Å². The quantitative estimate of drug-likeness (QED) is 0.535. The van der Waals surface area contributed by atoms with Gasteiger partial charge < -0.3 is 5.73 Å². The minimum Gasteiger partial charge on any atom is -0.383 e. The van der Waals surface area contributed by atoms with Crippen molar-refractivity contribution in [2.24, 2.45) is 5.92 Å². The molecule has 8 nitrogen and oxygen atoms in total. The number of halogens is 1. The van der Waals surface area contributed by atoms with Crippen molar-refractivity contribution in [3.63, 3.8) is 0 Å². The molecule has 0 aliphatic rings. The smallest absolute Gasteiger partial charge is 0.330 e. The van der Waals surface area contributed by atoms with Gasteiger partial charge in [0.15, 0.2) is 5.69 Å². The third-order valence-corrected chi connectivity index (χ3v) is 5.85. The number of amides is 1. The van der Waals surface area contributed by atoms with E-state index in [1.807, 2.05) is 20.8 Å². The SMILES string of the molecule is CCCCN(C(=O)c1cnc(-c2ccccc2F)s1)c1c(N)n(CC(C)C)c(=O)[nH]c1=O. The molecule has 3 rings (SSSR count). The van der Waals surface area contributed by atoms with Crippen LogP contribution in [0.5, 0.6) is 0 Å². The molecule has 170 valence electrons. The molecule has 0 atom stereocenters. The number of hydrogen-bond donors (Lipinski definition) is 2. The fourth-order valence-corrected chi connectivity index (χ4v) is 4.17. The summed E-state index contributed by atoms with van der Waals surface area (Å²) in [5.74, 6) is -0.885. The lowest BCUT2D eigenvalue weighted by Crippen LogP contribution is -2.41. The molecule has 0 radical (unpaired) electrons. The highest BCUT2D eigenvalue weighted by atomic mass is 32.1. The van der Waals surface area contributed by atoms with Crippen LogP contribution in [0.2, 0.25) is 0 Å². The van der Waals surface area contributed by atoms with Crippen LogP contribution < -0.4 is 21.9 Å². The molecule has 0 unspecified atom stereocenters.